The Bertz CT molecular complexity index is 281. The number of amides is 1. The molecule has 0 bridgehead atoms. The Hall–Kier alpha value is -1.29. The van der Waals surface area contributed by atoms with E-state index in [-0.39, 0.29) is 12.0 Å². The molecular weight excluding hydrogens is 182 g/mol. The number of rotatable bonds is 3. The van der Waals surface area contributed by atoms with E-state index in [0.717, 1.165) is 5.70 Å². The molecule has 0 aliphatic heterocycles. The summed E-state index contributed by atoms with van der Waals surface area (Å²) in [6.07, 6.45) is 4.32. The SMILES string of the molecule is COC1=C[C@@H](OC)CC(NC(C)=O)=C1. The third-order valence-corrected chi connectivity index (χ3v) is 1.96. The molecule has 4 heteroatoms. The zero-order chi connectivity index (χ0) is 10.6. The minimum atomic E-state index is -0.0801. The molecule has 0 saturated carbocycles. The summed E-state index contributed by atoms with van der Waals surface area (Å²) >= 11 is 0. The highest BCUT2D eigenvalue weighted by molar-refractivity contribution is 5.75. The van der Waals surface area contributed by atoms with Gasteiger partial charge in [-0.3, -0.25) is 4.79 Å². The van der Waals surface area contributed by atoms with Gasteiger partial charge in [-0.2, -0.15) is 0 Å². The minimum absolute atomic E-state index is 0.0307. The molecule has 0 aromatic rings. The van der Waals surface area contributed by atoms with E-state index in [1.165, 1.54) is 6.92 Å². The first-order valence-electron chi connectivity index (χ1n) is 4.42. The van der Waals surface area contributed by atoms with Crippen LogP contribution in [0.1, 0.15) is 13.3 Å². The van der Waals surface area contributed by atoms with Crippen LogP contribution in [0.25, 0.3) is 0 Å². The first-order valence-corrected chi connectivity index (χ1v) is 4.42. The van der Waals surface area contributed by atoms with Crippen LogP contribution in [0.2, 0.25) is 0 Å². The number of carbonyl (C=O) groups excluding carboxylic acids is 1. The second-order valence-electron chi connectivity index (χ2n) is 3.10. The maximum Gasteiger partial charge on any atom is 0.221 e. The highest BCUT2D eigenvalue weighted by Gasteiger charge is 2.15. The highest BCUT2D eigenvalue weighted by Crippen LogP contribution is 2.18. The highest BCUT2D eigenvalue weighted by atomic mass is 16.5. The van der Waals surface area contributed by atoms with Crippen LogP contribution < -0.4 is 5.32 Å². The smallest absolute Gasteiger partial charge is 0.221 e. The second kappa shape index (κ2) is 4.81. The van der Waals surface area contributed by atoms with Crippen LogP contribution in [0.4, 0.5) is 0 Å². The minimum Gasteiger partial charge on any atom is -0.497 e. The Kier molecular flexibility index (Phi) is 3.71. The fraction of sp³-hybridized carbons (Fsp3) is 0.500. The van der Waals surface area contributed by atoms with Crippen molar-refractivity contribution in [2.24, 2.45) is 0 Å². The number of hydrogen-bond acceptors (Lipinski definition) is 3. The van der Waals surface area contributed by atoms with Crippen LogP contribution in [-0.4, -0.2) is 26.2 Å². The molecule has 0 radical (unpaired) electrons. The van der Waals surface area contributed by atoms with Crippen LogP contribution in [-0.2, 0) is 14.3 Å². The summed E-state index contributed by atoms with van der Waals surface area (Å²) in [5.74, 6) is 0.635. The van der Waals surface area contributed by atoms with Gasteiger partial charge in [-0.05, 0) is 12.2 Å². The fourth-order valence-electron chi connectivity index (χ4n) is 1.33. The van der Waals surface area contributed by atoms with Gasteiger partial charge >= 0.3 is 0 Å². The van der Waals surface area contributed by atoms with Crippen molar-refractivity contribution in [1.82, 2.24) is 5.32 Å². The molecule has 0 aromatic carbocycles. The van der Waals surface area contributed by atoms with E-state index in [0.29, 0.717) is 12.2 Å². The predicted octanol–water partition coefficient (Wildman–Crippen LogP) is 0.955. The molecule has 4 nitrogen and oxygen atoms in total. The van der Waals surface area contributed by atoms with Gasteiger partial charge in [0.05, 0.1) is 13.2 Å². The van der Waals surface area contributed by atoms with E-state index in [1.54, 1.807) is 20.3 Å². The van der Waals surface area contributed by atoms with Crippen molar-refractivity contribution in [3.05, 3.63) is 23.6 Å². The topological polar surface area (TPSA) is 47.6 Å². The van der Waals surface area contributed by atoms with Gasteiger partial charge in [-0.1, -0.05) is 0 Å². The maximum absolute atomic E-state index is 10.8. The molecule has 0 saturated heterocycles. The predicted molar refractivity (Wildman–Crippen MR) is 52.4 cm³/mol. The van der Waals surface area contributed by atoms with Crippen LogP contribution in [0.15, 0.2) is 23.6 Å². The molecule has 0 unspecified atom stereocenters. The molecule has 1 atom stereocenters. The van der Waals surface area contributed by atoms with Gasteiger partial charge in [0.2, 0.25) is 5.91 Å². The van der Waals surface area contributed by atoms with Gasteiger partial charge in [-0.15, -0.1) is 0 Å². The van der Waals surface area contributed by atoms with Gasteiger partial charge in [0.25, 0.3) is 0 Å². The van der Waals surface area contributed by atoms with Gasteiger partial charge in [0.1, 0.15) is 5.76 Å². The van der Waals surface area contributed by atoms with E-state index in [4.69, 9.17) is 9.47 Å². The number of ether oxygens (including phenoxy) is 2. The van der Waals surface area contributed by atoms with Gasteiger partial charge in [-0.25, -0.2) is 0 Å². The summed E-state index contributed by atoms with van der Waals surface area (Å²) in [6, 6.07) is 0. The lowest BCUT2D eigenvalue weighted by atomic mass is 10.1. The van der Waals surface area contributed by atoms with Gasteiger partial charge in [0, 0.05) is 26.2 Å². The standard InChI is InChI=1S/C10H15NO3/c1-7(12)11-8-4-9(13-2)6-10(5-8)14-3/h4,6,10H,5H2,1-3H3,(H,11,12)/t10-/m0/s1. The van der Waals surface area contributed by atoms with Crippen molar-refractivity contribution in [1.29, 1.82) is 0 Å². The van der Waals surface area contributed by atoms with E-state index in [2.05, 4.69) is 5.32 Å². The third kappa shape index (κ3) is 2.88. The summed E-state index contributed by atoms with van der Waals surface area (Å²) in [7, 11) is 3.22. The number of allylic oxidation sites excluding steroid dienone is 1. The number of carbonyl (C=O) groups is 1. The first kappa shape index (κ1) is 10.8. The van der Waals surface area contributed by atoms with E-state index < -0.39 is 0 Å². The Morgan fingerprint density at radius 2 is 2.29 bits per heavy atom. The zero-order valence-electron chi connectivity index (χ0n) is 8.66. The van der Waals surface area contributed by atoms with Crippen molar-refractivity contribution in [2.45, 2.75) is 19.4 Å². The molecule has 1 aliphatic rings. The molecule has 0 heterocycles. The molecule has 0 fully saturated rings. The first-order chi connectivity index (χ1) is 6.65. The number of methoxy groups -OCH3 is 2. The van der Waals surface area contributed by atoms with Crippen molar-refractivity contribution in [2.75, 3.05) is 14.2 Å². The zero-order valence-corrected chi connectivity index (χ0v) is 8.66. The Morgan fingerprint density at radius 3 is 2.79 bits per heavy atom. The molecule has 1 amide bonds. The van der Waals surface area contributed by atoms with Crippen molar-refractivity contribution in [3.8, 4) is 0 Å². The average Bonchev–Trinajstić information content (AvgIpc) is 2.16. The van der Waals surface area contributed by atoms with E-state index in [9.17, 15) is 4.79 Å². The molecule has 0 aromatic heterocycles. The van der Waals surface area contributed by atoms with Crippen LogP contribution in [0.3, 0.4) is 0 Å². The number of nitrogens with one attached hydrogen (secondary N) is 1. The lowest BCUT2D eigenvalue weighted by Gasteiger charge is -2.20. The van der Waals surface area contributed by atoms with Crippen molar-refractivity contribution >= 4 is 5.91 Å². The Labute approximate surface area is 83.6 Å². The average molecular weight is 197 g/mol. The monoisotopic (exact) mass is 197 g/mol. The van der Waals surface area contributed by atoms with Crippen LogP contribution in [0, 0.1) is 0 Å². The summed E-state index contributed by atoms with van der Waals surface area (Å²) in [6.45, 7) is 1.48. The summed E-state index contributed by atoms with van der Waals surface area (Å²) in [5.41, 5.74) is 0.823. The van der Waals surface area contributed by atoms with Crippen molar-refractivity contribution in [3.63, 3.8) is 0 Å². The molecule has 14 heavy (non-hydrogen) atoms. The normalized spacial score (nSPS) is 20.9. The third-order valence-electron chi connectivity index (χ3n) is 1.96. The second-order valence-corrected chi connectivity index (χ2v) is 3.10. The summed E-state index contributed by atoms with van der Waals surface area (Å²) < 4.78 is 10.3. The fourth-order valence-corrected chi connectivity index (χ4v) is 1.33. The van der Waals surface area contributed by atoms with Gasteiger partial charge in [0.15, 0.2) is 0 Å². The molecule has 0 spiro atoms. The molecular formula is C10H15NO3. The van der Waals surface area contributed by atoms with Gasteiger partial charge < -0.3 is 14.8 Å². The van der Waals surface area contributed by atoms with E-state index >= 15 is 0 Å². The van der Waals surface area contributed by atoms with E-state index in [1.807, 2.05) is 6.08 Å². The maximum atomic E-state index is 10.8. The van der Waals surface area contributed by atoms with Crippen LogP contribution in [0.5, 0.6) is 0 Å². The Balaban J connectivity index is 2.72. The molecule has 1 aliphatic carbocycles. The lowest BCUT2D eigenvalue weighted by molar-refractivity contribution is -0.118. The summed E-state index contributed by atoms with van der Waals surface area (Å²) in [5, 5.41) is 2.73. The lowest BCUT2D eigenvalue weighted by Crippen LogP contribution is -2.25. The molecule has 1 rings (SSSR count). The van der Waals surface area contributed by atoms with Crippen molar-refractivity contribution < 1.29 is 14.3 Å². The summed E-state index contributed by atoms with van der Waals surface area (Å²) in [4.78, 5) is 10.8. The molecule has 1 N–H and O–H groups in total. The largest absolute Gasteiger partial charge is 0.497 e. The number of hydrogen-bond donors (Lipinski definition) is 1. The Morgan fingerprint density at radius 1 is 1.57 bits per heavy atom. The quantitative estimate of drug-likeness (QED) is 0.733. The molecule has 78 valence electrons. The van der Waals surface area contributed by atoms with Crippen LogP contribution >= 0.6 is 0 Å².